The number of hydrogen-bond acceptors (Lipinski definition) is 7. The summed E-state index contributed by atoms with van der Waals surface area (Å²) in [5.74, 6) is 0. The zero-order valence-electron chi connectivity index (χ0n) is 15.8. The molecule has 0 radical (unpaired) electrons. The zero-order valence-corrected chi connectivity index (χ0v) is 16.6. The second kappa shape index (κ2) is 13.9. The van der Waals surface area contributed by atoms with Crippen molar-refractivity contribution in [2.45, 2.75) is 65.0 Å². The van der Waals surface area contributed by atoms with Crippen molar-refractivity contribution in [2.75, 3.05) is 19.8 Å². The van der Waals surface area contributed by atoms with E-state index in [4.69, 9.17) is 10.5 Å². The Labute approximate surface area is 154 Å². The van der Waals surface area contributed by atoms with Gasteiger partial charge in [0.15, 0.2) is 0 Å². The largest absolute Gasteiger partial charge is 0.467 e. The highest BCUT2D eigenvalue weighted by atomic mass is 32.1. The average molecular weight is 376 g/mol. The van der Waals surface area contributed by atoms with Crippen molar-refractivity contribution in [3.05, 3.63) is 11.6 Å². The number of amides is 1. The average Bonchev–Trinajstić information content (AvgIpc) is 3.04. The third-order valence-corrected chi connectivity index (χ3v) is 3.60. The second-order valence-corrected chi connectivity index (χ2v) is 7.48. The minimum Gasteiger partial charge on any atom is -0.467 e. The molecule has 1 amide bonds. The number of aromatic nitrogens is 1. The lowest BCUT2D eigenvalue weighted by atomic mass is 10.1. The molecular weight excluding hydrogens is 342 g/mol. The first-order valence-corrected chi connectivity index (χ1v) is 9.50. The molecule has 0 aromatic carbocycles. The molecule has 0 fully saturated rings. The number of carbonyl (C=O) groups excluding carboxylic acids is 1. The van der Waals surface area contributed by atoms with Crippen LogP contribution in [0.25, 0.3) is 0 Å². The van der Waals surface area contributed by atoms with Crippen molar-refractivity contribution in [3.8, 4) is 5.19 Å². The third-order valence-electron chi connectivity index (χ3n) is 2.92. The predicted octanol–water partition coefficient (Wildman–Crippen LogP) is 2.93. The van der Waals surface area contributed by atoms with Gasteiger partial charge in [0.1, 0.15) is 12.7 Å². The molecule has 4 N–H and O–H groups in total. The van der Waals surface area contributed by atoms with Crippen LogP contribution in [0, 0.1) is 0 Å². The van der Waals surface area contributed by atoms with E-state index >= 15 is 0 Å². The molecule has 0 spiro atoms. The van der Waals surface area contributed by atoms with E-state index in [0.29, 0.717) is 18.3 Å². The van der Waals surface area contributed by atoms with Crippen LogP contribution in [0.5, 0.6) is 5.19 Å². The fourth-order valence-electron chi connectivity index (χ4n) is 1.63. The van der Waals surface area contributed by atoms with Crippen molar-refractivity contribution in [1.82, 2.24) is 10.3 Å². The summed E-state index contributed by atoms with van der Waals surface area (Å²) in [6.45, 7) is 9.57. The van der Waals surface area contributed by atoms with Gasteiger partial charge in [0, 0.05) is 23.7 Å². The number of thiazole rings is 1. The van der Waals surface area contributed by atoms with Gasteiger partial charge in [-0.25, -0.2) is 9.78 Å². The van der Waals surface area contributed by atoms with Crippen LogP contribution in [0.15, 0.2) is 11.6 Å². The van der Waals surface area contributed by atoms with Gasteiger partial charge in [-0.05, 0) is 27.2 Å². The van der Waals surface area contributed by atoms with Crippen LogP contribution >= 0.6 is 11.3 Å². The van der Waals surface area contributed by atoms with Crippen LogP contribution < -0.4 is 15.8 Å². The van der Waals surface area contributed by atoms with Crippen LogP contribution in [0.3, 0.4) is 0 Å². The molecule has 0 aliphatic heterocycles. The minimum absolute atomic E-state index is 0.0160. The molecule has 1 atom stereocenters. The molecule has 1 aromatic heterocycles. The number of unbranched alkanes of at least 4 members (excludes halogenated alkanes) is 3. The van der Waals surface area contributed by atoms with Gasteiger partial charge in [0.05, 0.1) is 6.61 Å². The van der Waals surface area contributed by atoms with Crippen molar-refractivity contribution in [2.24, 2.45) is 5.73 Å². The van der Waals surface area contributed by atoms with Crippen LogP contribution in [-0.2, 0) is 4.74 Å². The van der Waals surface area contributed by atoms with E-state index in [-0.39, 0.29) is 12.1 Å². The number of aliphatic hydroxyl groups excluding tert-OH is 1. The summed E-state index contributed by atoms with van der Waals surface area (Å²) in [5, 5.41) is 15.2. The maximum absolute atomic E-state index is 10.0. The van der Waals surface area contributed by atoms with Gasteiger partial charge in [0.2, 0.25) is 0 Å². The molecule has 0 saturated carbocycles. The molecule has 146 valence electrons. The SMILES string of the molecule is CC(C)(C)NCC(O)COc1nccs1.CCCCCCOC(N)=O. The van der Waals surface area contributed by atoms with Crippen LogP contribution in [0.2, 0.25) is 0 Å². The van der Waals surface area contributed by atoms with Crippen LogP contribution in [-0.4, -0.2) is 47.6 Å². The number of rotatable bonds is 10. The number of carbonyl (C=O) groups is 1. The number of nitrogens with two attached hydrogens (primary N) is 1. The Morgan fingerprint density at radius 1 is 1.40 bits per heavy atom. The van der Waals surface area contributed by atoms with Gasteiger partial charge in [-0.2, -0.15) is 0 Å². The lowest BCUT2D eigenvalue weighted by molar-refractivity contribution is 0.0999. The monoisotopic (exact) mass is 375 g/mol. The highest BCUT2D eigenvalue weighted by Crippen LogP contribution is 2.13. The van der Waals surface area contributed by atoms with E-state index in [1.807, 2.05) is 5.38 Å². The Hall–Kier alpha value is -1.38. The van der Waals surface area contributed by atoms with Crippen molar-refractivity contribution in [1.29, 1.82) is 0 Å². The lowest BCUT2D eigenvalue weighted by Gasteiger charge is -2.22. The third kappa shape index (κ3) is 17.2. The first-order chi connectivity index (χ1) is 11.7. The van der Waals surface area contributed by atoms with Crippen molar-refractivity contribution >= 4 is 17.4 Å². The topological polar surface area (TPSA) is 107 Å². The zero-order chi connectivity index (χ0) is 19.1. The summed E-state index contributed by atoms with van der Waals surface area (Å²) >= 11 is 1.42. The second-order valence-electron chi connectivity index (χ2n) is 6.62. The van der Waals surface area contributed by atoms with Crippen LogP contribution in [0.1, 0.15) is 53.4 Å². The summed E-state index contributed by atoms with van der Waals surface area (Å²) < 4.78 is 9.82. The van der Waals surface area contributed by atoms with E-state index in [0.717, 1.165) is 12.8 Å². The summed E-state index contributed by atoms with van der Waals surface area (Å²) in [6.07, 6.45) is 4.93. The number of primary amides is 1. The van der Waals surface area contributed by atoms with E-state index < -0.39 is 12.2 Å². The first kappa shape index (κ1) is 23.6. The molecule has 1 unspecified atom stereocenters. The number of ether oxygens (including phenoxy) is 2. The van der Waals surface area contributed by atoms with E-state index in [2.05, 4.69) is 42.7 Å². The number of nitrogens with zero attached hydrogens (tertiary/aromatic N) is 1. The van der Waals surface area contributed by atoms with Gasteiger partial charge in [0.25, 0.3) is 5.19 Å². The van der Waals surface area contributed by atoms with Crippen molar-refractivity contribution < 1.29 is 19.4 Å². The van der Waals surface area contributed by atoms with E-state index in [9.17, 15) is 9.90 Å². The molecule has 8 heteroatoms. The lowest BCUT2D eigenvalue weighted by Crippen LogP contribution is -2.42. The standard InChI is InChI=1S/C10H18N2O2S.C7H15NO2/c1-10(2,3)12-6-8(13)7-14-9-11-4-5-15-9;1-2-3-4-5-6-10-7(8)9/h4-5,8,12-13H,6-7H2,1-3H3;2-6H2,1H3,(H2,8,9). The predicted molar refractivity (Wildman–Crippen MR) is 101 cm³/mol. The molecule has 1 rings (SSSR count). The smallest absolute Gasteiger partial charge is 0.404 e. The molecule has 0 aliphatic rings. The van der Waals surface area contributed by atoms with Gasteiger partial charge in [-0.1, -0.05) is 37.5 Å². The van der Waals surface area contributed by atoms with Crippen LogP contribution in [0.4, 0.5) is 4.79 Å². The fraction of sp³-hybridized carbons (Fsp3) is 0.765. The summed E-state index contributed by atoms with van der Waals surface area (Å²) in [6, 6.07) is 0. The summed E-state index contributed by atoms with van der Waals surface area (Å²) in [4.78, 5) is 14.0. The molecule has 0 bridgehead atoms. The highest BCUT2D eigenvalue weighted by Gasteiger charge is 2.12. The molecule has 7 nitrogen and oxygen atoms in total. The molecule has 1 heterocycles. The Balaban J connectivity index is 0.000000504. The molecule has 0 aliphatic carbocycles. The summed E-state index contributed by atoms with van der Waals surface area (Å²) in [7, 11) is 0. The van der Waals surface area contributed by atoms with Crippen molar-refractivity contribution in [3.63, 3.8) is 0 Å². The normalized spacial score (nSPS) is 12.0. The molecule has 0 saturated heterocycles. The molecule has 1 aromatic rings. The van der Waals surface area contributed by atoms with E-state index in [1.165, 1.54) is 24.2 Å². The first-order valence-electron chi connectivity index (χ1n) is 8.62. The number of hydrogen-bond donors (Lipinski definition) is 3. The van der Waals surface area contributed by atoms with Gasteiger partial charge < -0.3 is 25.6 Å². The van der Waals surface area contributed by atoms with Gasteiger partial charge in [-0.15, -0.1) is 0 Å². The Morgan fingerprint density at radius 3 is 2.64 bits per heavy atom. The molecular formula is C17H33N3O4S. The maximum atomic E-state index is 10.0. The Morgan fingerprint density at radius 2 is 2.12 bits per heavy atom. The number of nitrogens with one attached hydrogen (secondary N) is 1. The number of aliphatic hydroxyl groups is 1. The Bertz CT molecular complexity index is 436. The molecule has 25 heavy (non-hydrogen) atoms. The number of β-amino-alcohol motifs (C(OH)–C–C–N with tert-alkyl or cyclic N) is 1. The quantitative estimate of drug-likeness (QED) is 0.543. The van der Waals surface area contributed by atoms with Gasteiger partial charge >= 0.3 is 6.09 Å². The minimum atomic E-state index is -0.670. The fourth-order valence-corrected chi connectivity index (χ4v) is 2.13. The highest BCUT2D eigenvalue weighted by molar-refractivity contribution is 7.11. The summed E-state index contributed by atoms with van der Waals surface area (Å²) in [5.41, 5.74) is 4.76. The maximum Gasteiger partial charge on any atom is 0.404 e. The van der Waals surface area contributed by atoms with Gasteiger partial charge in [-0.3, -0.25) is 0 Å². The van der Waals surface area contributed by atoms with E-state index in [1.54, 1.807) is 6.20 Å². The Kier molecular flexibility index (Phi) is 13.1.